The summed E-state index contributed by atoms with van der Waals surface area (Å²) in [4.78, 5) is 31.1. The first-order valence-corrected chi connectivity index (χ1v) is 10.1. The number of aryl methyl sites for hydroxylation is 2. The summed E-state index contributed by atoms with van der Waals surface area (Å²) in [6, 6.07) is 9.53. The van der Waals surface area contributed by atoms with Crippen LogP contribution in [0.5, 0.6) is 0 Å². The van der Waals surface area contributed by atoms with Gasteiger partial charge in [-0.3, -0.25) is 14.0 Å². The molecule has 8 heteroatoms. The van der Waals surface area contributed by atoms with Crippen LogP contribution in [0.4, 0.5) is 5.69 Å². The van der Waals surface area contributed by atoms with Crippen LogP contribution in [0.15, 0.2) is 35.5 Å². The molecule has 0 bridgehead atoms. The molecule has 0 aliphatic carbocycles. The SMILES string of the molecule is Cc1cc(C)n2c(SC3CC(=O)N(c4ccc(C(C)C)cc4)C3=O)nnc2n1. The number of benzene rings is 1. The minimum Gasteiger partial charge on any atom is -0.274 e. The van der Waals surface area contributed by atoms with Crippen LogP contribution in [0.25, 0.3) is 5.78 Å². The third-order valence-electron chi connectivity index (χ3n) is 4.83. The molecule has 0 N–H and O–H groups in total. The van der Waals surface area contributed by atoms with Crippen LogP contribution < -0.4 is 4.90 Å². The lowest BCUT2D eigenvalue weighted by Gasteiger charge is -2.16. The van der Waals surface area contributed by atoms with E-state index in [9.17, 15) is 9.59 Å². The zero-order valence-corrected chi connectivity index (χ0v) is 17.0. The van der Waals surface area contributed by atoms with Crippen molar-refractivity contribution in [3.8, 4) is 0 Å². The number of fused-ring (bicyclic) bond motifs is 1. The number of amides is 2. The van der Waals surface area contributed by atoms with Crippen molar-refractivity contribution >= 4 is 35.0 Å². The number of rotatable bonds is 4. The fourth-order valence-corrected chi connectivity index (χ4v) is 4.49. The molecule has 3 heterocycles. The van der Waals surface area contributed by atoms with Crippen molar-refractivity contribution < 1.29 is 9.59 Å². The van der Waals surface area contributed by atoms with Gasteiger partial charge in [-0.05, 0) is 43.5 Å². The second kappa shape index (κ2) is 7.01. The van der Waals surface area contributed by atoms with Gasteiger partial charge in [-0.15, -0.1) is 10.2 Å². The summed E-state index contributed by atoms with van der Waals surface area (Å²) >= 11 is 1.26. The van der Waals surface area contributed by atoms with Gasteiger partial charge in [-0.1, -0.05) is 37.7 Å². The van der Waals surface area contributed by atoms with E-state index in [2.05, 4.69) is 29.0 Å². The van der Waals surface area contributed by atoms with E-state index in [4.69, 9.17) is 0 Å². The van der Waals surface area contributed by atoms with Gasteiger partial charge in [-0.25, -0.2) is 9.88 Å². The van der Waals surface area contributed by atoms with Gasteiger partial charge in [0.2, 0.25) is 11.8 Å². The van der Waals surface area contributed by atoms with Gasteiger partial charge in [0.25, 0.3) is 5.78 Å². The molecule has 0 radical (unpaired) electrons. The Morgan fingerprint density at radius 1 is 1.11 bits per heavy atom. The Bertz CT molecular complexity index is 1070. The number of aromatic nitrogens is 4. The Kier molecular flexibility index (Phi) is 4.66. The van der Waals surface area contributed by atoms with Crippen molar-refractivity contribution in [2.75, 3.05) is 4.90 Å². The van der Waals surface area contributed by atoms with Crippen molar-refractivity contribution in [1.82, 2.24) is 19.6 Å². The summed E-state index contributed by atoms with van der Waals surface area (Å²) in [5.74, 6) is 0.475. The van der Waals surface area contributed by atoms with E-state index >= 15 is 0 Å². The van der Waals surface area contributed by atoms with Crippen LogP contribution in [-0.2, 0) is 9.59 Å². The number of hydrogen-bond acceptors (Lipinski definition) is 6. The molecule has 1 fully saturated rings. The lowest BCUT2D eigenvalue weighted by Crippen LogP contribution is -2.31. The quantitative estimate of drug-likeness (QED) is 0.631. The Labute approximate surface area is 167 Å². The molecule has 7 nitrogen and oxygen atoms in total. The van der Waals surface area contributed by atoms with Crippen LogP contribution >= 0.6 is 11.8 Å². The first-order valence-electron chi connectivity index (χ1n) is 9.18. The van der Waals surface area contributed by atoms with Gasteiger partial charge in [0.05, 0.1) is 5.69 Å². The third kappa shape index (κ3) is 3.17. The summed E-state index contributed by atoms with van der Waals surface area (Å²) in [6.07, 6.45) is 0.142. The van der Waals surface area contributed by atoms with Crippen molar-refractivity contribution in [1.29, 1.82) is 0 Å². The van der Waals surface area contributed by atoms with E-state index < -0.39 is 5.25 Å². The molecular weight excluding hydrogens is 374 g/mol. The Morgan fingerprint density at radius 2 is 1.82 bits per heavy atom. The summed E-state index contributed by atoms with van der Waals surface area (Å²) in [5.41, 5.74) is 3.58. The van der Waals surface area contributed by atoms with Gasteiger partial charge in [0.15, 0.2) is 5.16 Å². The van der Waals surface area contributed by atoms with Gasteiger partial charge in [0, 0.05) is 17.8 Å². The van der Waals surface area contributed by atoms with Gasteiger partial charge < -0.3 is 0 Å². The minimum absolute atomic E-state index is 0.142. The molecule has 1 aromatic carbocycles. The highest BCUT2D eigenvalue weighted by Gasteiger charge is 2.41. The van der Waals surface area contributed by atoms with Crippen LogP contribution in [0.2, 0.25) is 0 Å². The number of carbonyl (C=O) groups is 2. The van der Waals surface area contributed by atoms with E-state index in [0.717, 1.165) is 11.4 Å². The molecule has 1 saturated heterocycles. The van der Waals surface area contributed by atoms with Gasteiger partial charge in [0.1, 0.15) is 5.25 Å². The number of imide groups is 1. The number of nitrogens with zero attached hydrogens (tertiary/aromatic N) is 5. The first kappa shape index (κ1) is 18.6. The normalized spacial score (nSPS) is 17.3. The number of thioether (sulfide) groups is 1. The largest absolute Gasteiger partial charge is 0.274 e. The molecule has 3 aromatic rings. The molecular formula is C20H21N5O2S. The second-order valence-electron chi connectivity index (χ2n) is 7.28. The highest BCUT2D eigenvalue weighted by Crippen LogP contribution is 2.34. The zero-order chi connectivity index (χ0) is 20.0. The third-order valence-corrected chi connectivity index (χ3v) is 5.96. The van der Waals surface area contributed by atoms with E-state index in [-0.39, 0.29) is 18.2 Å². The van der Waals surface area contributed by atoms with Crippen molar-refractivity contribution in [3.63, 3.8) is 0 Å². The lowest BCUT2D eigenvalue weighted by molar-refractivity contribution is -0.121. The summed E-state index contributed by atoms with van der Waals surface area (Å²) < 4.78 is 1.81. The molecule has 1 unspecified atom stereocenters. The highest BCUT2D eigenvalue weighted by molar-refractivity contribution is 8.00. The average Bonchev–Trinajstić information content (AvgIpc) is 3.16. The highest BCUT2D eigenvalue weighted by atomic mass is 32.2. The van der Waals surface area contributed by atoms with Crippen molar-refractivity contribution in [2.24, 2.45) is 0 Å². The molecule has 2 aromatic heterocycles. The number of anilines is 1. The van der Waals surface area contributed by atoms with E-state index in [1.54, 1.807) is 0 Å². The Balaban J connectivity index is 1.59. The Hall–Kier alpha value is -2.74. The topological polar surface area (TPSA) is 80.5 Å². The predicted molar refractivity (Wildman–Crippen MR) is 108 cm³/mol. The smallest absolute Gasteiger partial charge is 0.256 e. The number of hydrogen-bond donors (Lipinski definition) is 0. The van der Waals surface area contributed by atoms with Crippen molar-refractivity contribution in [2.45, 2.75) is 50.4 Å². The molecule has 144 valence electrons. The van der Waals surface area contributed by atoms with E-state index in [1.807, 2.05) is 48.6 Å². The minimum atomic E-state index is -0.523. The average molecular weight is 395 g/mol. The number of carbonyl (C=O) groups excluding carboxylic acids is 2. The molecule has 4 rings (SSSR count). The molecule has 0 spiro atoms. The van der Waals surface area contributed by atoms with Crippen LogP contribution in [0.3, 0.4) is 0 Å². The van der Waals surface area contributed by atoms with E-state index in [1.165, 1.54) is 22.2 Å². The summed E-state index contributed by atoms with van der Waals surface area (Å²) in [5, 5.41) is 8.33. The van der Waals surface area contributed by atoms with Gasteiger partial charge in [-0.2, -0.15) is 0 Å². The summed E-state index contributed by atoms with van der Waals surface area (Å²) in [6.45, 7) is 8.06. The molecule has 28 heavy (non-hydrogen) atoms. The first-order chi connectivity index (χ1) is 13.3. The fourth-order valence-electron chi connectivity index (χ4n) is 3.38. The van der Waals surface area contributed by atoms with E-state index in [0.29, 0.717) is 22.5 Å². The predicted octanol–water partition coefficient (Wildman–Crippen LogP) is 3.29. The lowest BCUT2D eigenvalue weighted by atomic mass is 10.0. The Morgan fingerprint density at radius 3 is 2.50 bits per heavy atom. The molecule has 1 aliphatic rings. The maximum Gasteiger partial charge on any atom is 0.256 e. The maximum atomic E-state index is 12.9. The van der Waals surface area contributed by atoms with Crippen LogP contribution in [0.1, 0.15) is 43.1 Å². The molecule has 0 saturated carbocycles. The molecule has 1 atom stereocenters. The standard InChI is InChI=1S/C20H21N5O2S/c1-11(2)14-5-7-15(8-6-14)25-17(26)10-16(18(25)27)28-20-23-22-19-21-12(3)9-13(4)24(19)20/h5-9,11,16H,10H2,1-4H3. The second-order valence-corrected chi connectivity index (χ2v) is 8.45. The summed E-state index contributed by atoms with van der Waals surface area (Å²) in [7, 11) is 0. The van der Waals surface area contributed by atoms with Crippen LogP contribution in [0, 0.1) is 13.8 Å². The molecule has 1 aliphatic heterocycles. The fraction of sp³-hybridized carbons (Fsp3) is 0.350. The molecule has 2 amide bonds. The van der Waals surface area contributed by atoms with Crippen molar-refractivity contribution in [3.05, 3.63) is 47.3 Å². The van der Waals surface area contributed by atoms with Gasteiger partial charge >= 0.3 is 0 Å². The maximum absolute atomic E-state index is 12.9. The zero-order valence-electron chi connectivity index (χ0n) is 16.2. The monoisotopic (exact) mass is 395 g/mol. The van der Waals surface area contributed by atoms with Crippen LogP contribution in [-0.4, -0.2) is 36.6 Å².